The Morgan fingerprint density at radius 1 is 1.25 bits per heavy atom. The number of halogens is 1. The smallest absolute Gasteiger partial charge is 0.269 e. The molecule has 0 bridgehead atoms. The summed E-state index contributed by atoms with van der Waals surface area (Å²) < 4.78 is 0. The van der Waals surface area contributed by atoms with Crippen LogP contribution in [-0.4, -0.2) is 61.1 Å². The number of hydrogen-bond acceptors (Lipinski definition) is 5. The molecule has 1 aromatic carbocycles. The van der Waals surface area contributed by atoms with E-state index in [1.165, 1.54) is 25.1 Å². The third-order valence-electron chi connectivity index (χ3n) is 4.60. The van der Waals surface area contributed by atoms with Gasteiger partial charge >= 0.3 is 0 Å². The van der Waals surface area contributed by atoms with Gasteiger partial charge in [-0.2, -0.15) is 0 Å². The molecule has 0 atom stereocenters. The molecule has 1 aliphatic rings. The number of likely N-dealkylation sites (tertiary alicyclic amines) is 1. The van der Waals surface area contributed by atoms with Crippen molar-refractivity contribution < 1.29 is 4.92 Å². The Hall–Kier alpha value is -1.62. The molecule has 28 heavy (non-hydrogen) atoms. The van der Waals surface area contributed by atoms with Crippen molar-refractivity contribution in [1.29, 1.82) is 0 Å². The Bertz CT molecular complexity index is 603. The van der Waals surface area contributed by atoms with Crippen LogP contribution in [0.25, 0.3) is 0 Å². The van der Waals surface area contributed by atoms with Gasteiger partial charge in [0.15, 0.2) is 5.96 Å². The number of non-ortho nitro benzene ring substituents is 1. The highest BCUT2D eigenvalue weighted by atomic mass is 127. The summed E-state index contributed by atoms with van der Waals surface area (Å²) in [5.74, 6) is 0.858. The van der Waals surface area contributed by atoms with Crippen molar-refractivity contribution in [2.75, 3.05) is 44.6 Å². The zero-order valence-corrected chi connectivity index (χ0v) is 19.1. The topological polar surface area (TPSA) is 94.8 Å². The van der Waals surface area contributed by atoms with Crippen LogP contribution in [0.5, 0.6) is 0 Å². The Morgan fingerprint density at radius 2 is 1.93 bits per heavy atom. The third-order valence-corrected chi connectivity index (χ3v) is 4.60. The lowest BCUT2D eigenvalue weighted by atomic mass is 10.1. The molecule has 0 saturated carbocycles. The molecular weight excluding hydrogens is 471 g/mol. The summed E-state index contributed by atoms with van der Waals surface area (Å²) in [5, 5.41) is 20.8. The van der Waals surface area contributed by atoms with Crippen molar-refractivity contribution in [2.45, 2.75) is 39.2 Å². The van der Waals surface area contributed by atoms with E-state index in [1.54, 1.807) is 12.1 Å². The van der Waals surface area contributed by atoms with E-state index in [0.717, 1.165) is 44.1 Å². The van der Waals surface area contributed by atoms with Crippen molar-refractivity contribution in [2.24, 2.45) is 4.99 Å². The van der Waals surface area contributed by atoms with Gasteiger partial charge in [-0.25, -0.2) is 0 Å². The van der Waals surface area contributed by atoms with E-state index < -0.39 is 4.92 Å². The van der Waals surface area contributed by atoms with Crippen LogP contribution < -0.4 is 16.0 Å². The summed E-state index contributed by atoms with van der Waals surface area (Å²) in [5.41, 5.74) is 0.958. The van der Waals surface area contributed by atoms with Gasteiger partial charge in [-0.15, -0.1) is 24.0 Å². The van der Waals surface area contributed by atoms with Gasteiger partial charge in [0.25, 0.3) is 5.69 Å². The number of hydrogen-bond donors (Lipinski definition) is 3. The molecule has 0 radical (unpaired) electrons. The number of nitro groups is 1. The summed E-state index contributed by atoms with van der Waals surface area (Å²) in [6.07, 6.45) is 3.50. The molecule has 0 spiro atoms. The predicted molar refractivity (Wildman–Crippen MR) is 126 cm³/mol. The molecule has 1 fully saturated rings. The number of anilines is 1. The number of aliphatic imine (C=N–C) groups is 1. The minimum atomic E-state index is -0.394. The number of nitrogens with zero attached hydrogens (tertiary/aromatic N) is 3. The minimum absolute atomic E-state index is 0. The van der Waals surface area contributed by atoms with E-state index in [0.29, 0.717) is 19.1 Å². The second kappa shape index (κ2) is 13.5. The number of nitro benzene ring substituents is 1. The normalized spacial score (nSPS) is 15.6. The first-order valence-corrected chi connectivity index (χ1v) is 9.88. The molecule has 1 aliphatic heterocycles. The summed E-state index contributed by atoms with van der Waals surface area (Å²) >= 11 is 0. The molecule has 3 N–H and O–H groups in total. The highest BCUT2D eigenvalue weighted by Gasteiger charge is 2.19. The molecule has 9 heteroatoms. The Labute approximate surface area is 184 Å². The van der Waals surface area contributed by atoms with Gasteiger partial charge in [0, 0.05) is 50.0 Å². The van der Waals surface area contributed by atoms with Crippen LogP contribution in [0.4, 0.5) is 11.4 Å². The molecule has 1 heterocycles. The first kappa shape index (κ1) is 24.4. The van der Waals surface area contributed by atoms with Crippen LogP contribution in [0.3, 0.4) is 0 Å². The van der Waals surface area contributed by atoms with Gasteiger partial charge in [-0.1, -0.05) is 6.92 Å². The summed E-state index contributed by atoms with van der Waals surface area (Å²) in [4.78, 5) is 17.4. The monoisotopic (exact) mass is 504 g/mol. The van der Waals surface area contributed by atoms with Gasteiger partial charge in [0.05, 0.1) is 11.5 Å². The van der Waals surface area contributed by atoms with Gasteiger partial charge in [-0.05, 0) is 44.9 Å². The van der Waals surface area contributed by atoms with Gasteiger partial charge < -0.3 is 20.9 Å². The second-order valence-corrected chi connectivity index (χ2v) is 6.75. The largest absolute Gasteiger partial charge is 0.383 e. The van der Waals surface area contributed by atoms with Gasteiger partial charge in [-0.3, -0.25) is 15.1 Å². The number of guanidine groups is 1. The minimum Gasteiger partial charge on any atom is -0.383 e. The molecule has 158 valence electrons. The van der Waals surface area contributed by atoms with Gasteiger partial charge in [0.2, 0.25) is 0 Å². The van der Waals surface area contributed by atoms with Crippen LogP contribution >= 0.6 is 24.0 Å². The molecular formula is C19H33IN6O2. The molecule has 8 nitrogen and oxygen atoms in total. The molecule has 0 amide bonds. The Morgan fingerprint density at radius 3 is 2.50 bits per heavy atom. The van der Waals surface area contributed by atoms with Crippen molar-refractivity contribution in [3.05, 3.63) is 34.4 Å². The number of piperidine rings is 1. The van der Waals surface area contributed by atoms with Crippen LogP contribution in [0.1, 0.15) is 33.1 Å². The van der Waals surface area contributed by atoms with E-state index >= 15 is 0 Å². The average molecular weight is 504 g/mol. The van der Waals surface area contributed by atoms with Crippen LogP contribution in [-0.2, 0) is 0 Å². The second-order valence-electron chi connectivity index (χ2n) is 6.75. The lowest BCUT2D eigenvalue weighted by Gasteiger charge is -2.32. The van der Waals surface area contributed by atoms with E-state index in [2.05, 4.69) is 39.7 Å². The van der Waals surface area contributed by atoms with Gasteiger partial charge in [0.1, 0.15) is 0 Å². The van der Waals surface area contributed by atoms with Crippen LogP contribution in [0.2, 0.25) is 0 Å². The highest BCUT2D eigenvalue weighted by Crippen LogP contribution is 2.15. The fraction of sp³-hybridized carbons (Fsp3) is 0.632. The van der Waals surface area contributed by atoms with Crippen LogP contribution in [0.15, 0.2) is 29.3 Å². The fourth-order valence-corrected chi connectivity index (χ4v) is 3.20. The number of nitrogens with one attached hydrogen (secondary N) is 3. The SMILES string of the molecule is CCCN1CCC(NC(=NCCNc2ccc([N+](=O)[O-])cc2)NCC)CC1.I. The Balaban J connectivity index is 0.00000392. The number of benzene rings is 1. The van der Waals surface area contributed by atoms with E-state index in [9.17, 15) is 10.1 Å². The van der Waals surface area contributed by atoms with Crippen molar-refractivity contribution >= 4 is 41.3 Å². The summed E-state index contributed by atoms with van der Waals surface area (Å²) in [6.45, 7) is 9.90. The summed E-state index contributed by atoms with van der Waals surface area (Å²) in [6, 6.07) is 6.91. The molecule has 0 unspecified atom stereocenters. The standard InChI is InChI=1S/C19H32N6O2.HI/c1-3-13-24-14-9-17(10-15-24)23-19(20-4-2)22-12-11-21-16-5-7-18(8-6-16)25(26)27;/h5-8,17,21H,3-4,9-15H2,1-2H3,(H2,20,22,23);1H. The first-order chi connectivity index (χ1) is 13.1. The summed E-state index contributed by atoms with van der Waals surface area (Å²) in [7, 11) is 0. The fourth-order valence-electron chi connectivity index (χ4n) is 3.20. The first-order valence-electron chi connectivity index (χ1n) is 9.88. The molecule has 2 rings (SSSR count). The van der Waals surface area contributed by atoms with Crippen LogP contribution in [0, 0.1) is 10.1 Å². The van der Waals surface area contributed by atoms with Crippen molar-refractivity contribution in [1.82, 2.24) is 15.5 Å². The zero-order valence-electron chi connectivity index (χ0n) is 16.8. The average Bonchev–Trinajstić information content (AvgIpc) is 2.67. The molecule has 1 saturated heterocycles. The molecule has 1 aromatic rings. The molecule has 0 aliphatic carbocycles. The lowest BCUT2D eigenvalue weighted by molar-refractivity contribution is -0.384. The van der Waals surface area contributed by atoms with Crippen molar-refractivity contribution in [3.63, 3.8) is 0 Å². The zero-order chi connectivity index (χ0) is 19.5. The van der Waals surface area contributed by atoms with E-state index in [1.807, 2.05) is 0 Å². The predicted octanol–water partition coefficient (Wildman–Crippen LogP) is 3.05. The highest BCUT2D eigenvalue weighted by molar-refractivity contribution is 14.0. The van der Waals surface area contributed by atoms with Crippen molar-refractivity contribution in [3.8, 4) is 0 Å². The maximum absolute atomic E-state index is 10.7. The molecule has 0 aromatic heterocycles. The third kappa shape index (κ3) is 8.59. The lowest BCUT2D eigenvalue weighted by Crippen LogP contribution is -2.48. The van der Waals surface area contributed by atoms with E-state index in [4.69, 9.17) is 0 Å². The quantitative estimate of drug-likeness (QED) is 0.120. The van der Waals surface area contributed by atoms with E-state index in [-0.39, 0.29) is 29.7 Å². The Kier molecular flexibility index (Phi) is 11.8. The maximum atomic E-state index is 10.7. The number of rotatable bonds is 9. The maximum Gasteiger partial charge on any atom is 0.269 e.